The summed E-state index contributed by atoms with van der Waals surface area (Å²) in [7, 11) is 0. The van der Waals surface area contributed by atoms with Gasteiger partial charge in [0.25, 0.3) is 0 Å². The van der Waals surface area contributed by atoms with Crippen molar-refractivity contribution in [3.8, 4) is 0 Å². The lowest BCUT2D eigenvalue weighted by molar-refractivity contribution is -0.139. The number of aliphatic hydroxyl groups is 1. The molecule has 0 atom stereocenters. The van der Waals surface area contributed by atoms with Gasteiger partial charge < -0.3 is 14.7 Å². The number of hydrogen-bond donors (Lipinski definition) is 1. The number of amides is 1. The van der Waals surface area contributed by atoms with E-state index in [4.69, 9.17) is 9.84 Å². The summed E-state index contributed by atoms with van der Waals surface area (Å²) in [5.74, 6) is 0.175. The molecule has 0 aliphatic carbocycles. The molecule has 1 aliphatic heterocycles. The summed E-state index contributed by atoms with van der Waals surface area (Å²) in [4.78, 5) is 14.7. The lowest BCUT2D eigenvalue weighted by Gasteiger charge is -2.37. The van der Waals surface area contributed by atoms with Gasteiger partial charge in [0, 0.05) is 13.1 Å². The van der Waals surface area contributed by atoms with Crippen molar-refractivity contribution in [3.63, 3.8) is 0 Å². The topological polar surface area (TPSA) is 49.8 Å². The predicted octanol–water partition coefficient (Wildman–Crippen LogP) is 1.96. The molecule has 0 bridgehead atoms. The SMILES string of the molecule is CC(C)(C(=O)N1CCC(OCCO)CC1)c1ccccc1. The number of nitrogens with zero attached hydrogens (tertiary/aromatic N) is 1. The number of ether oxygens (including phenoxy) is 1. The second-order valence-corrected chi connectivity index (χ2v) is 6.08. The van der Waals surface area contributed by atoms with Gasteiger partial charge in [0.1, 0.15) is 0 Å². The van der Waals surface area contributed by atoms with Gasteiger partial charge in [-0.25, -0.2) is 0 Å². The van der Waals surface area contributed by atoms with Gasteiger partial charge >= 0.3 is 0 Å². The summed E-state index contributed by atoms with van der Waals surface area (Å²) in [6.07, 6.45) is 1.86. The number of carbonyl (C=O) groups is 1. The van der Waals surface area contributed by atoms with Crippen molar-refractivity contribution in [1.29, 1.82) is 0 Å². The Morgan fingerprint density at radius 2 is 1.90 bits per heavy atom. The Hall–Kier alpha value is -1.39. The van der Waals surface area contributed by atoms with Crippen LogP contribution in [0.2, 0.25) is 0 Å². The Morgan fingerprint density at radius 1 is 1.29 bits per heavy atom. The van der Waals surface area contributed by atoms with Gasteiger partial charge in [-0.2, -0.15) is 0 Å². The molecule has 0 radical (unpaired) electrons. The van der Waals surface area contributed by atoms with Crippen LogP contribution in [0, 0.1) is 0 Å². The Labute approximate surface area is 126 Å². The molecular weight excluding hydrogens is 266 g/mol. The lowest BCUT2D eigenvalue weighted by atomic mass is 9.82. The Morgan fingerprint density at radius 3 is 2.48 bits per heavy atom. The summed E-state index contributed by atoms with van der Waals surface area (Å²) in [5, 5.41) is 8.78. The first-order chi connectivity index (χ1) is 10.1. The van der Waals surface area contributed by atoms with E-state index in [2.05, 4.69) is 0 Å². The third-order valence-electron chi connectivity index (χ3n) is 4.20. The van der Waals surface area contributed by atoms with Crippen molar-refractivity contribution < 1.29 is 14.6 Å². The van der Waals surface area contributed by atoms with Crippen molar-refractivity contribution in [2.45, 2.75) is 38.2 Å². The molecule has 21 heavy (non-hydrogen) atoms. The van der Waals surface area contributed by atoms with Crippen molar-refractivity contribution in [1.82, 2.24) is 4.90 Å². The maximum Gasteiger partial charge on any atom is 0.232 e. The van der Waals surface area contributed by atoms with Crippen LogP contribution >= 0.6 is 0 Å². The summed E-state index contributed by atoms with van der Waals surface area (Å²) in [6.45, 7) is 5.86. The first-order valence-electron chi connectivity index (χ1n) is 7.63. The molecule has 1 amide bonds. The average Bonchev–Trinajstić information content (AvgIpc) is 2.53. The third-order valence-corrected chi connectivity index (χ3v) is 4.20. The van der Waals surface area contributed by atoms with Gasteiger partial charge in [-0.05, 0) is 32.3 Å². The van der Waals surface area contributed by atoms with Crippen molar-refractivity contribution in [2.24, 2.45) is 0 Å². The fourth-order valence-corrected chi connectivity index (χ4v) is 2.82. The molecule has 1 saturated heterocycles. The molecule has 4 nitrogen and oxygen atoms in total. The number of piperidine rings is 1. The second-order valence-electron chi connectivity index (χ2n) is 6.08. The fraction of sp³-hybridized carbons (Fsp3) is 0.588. The maximum absolute atomic E-state index is 12.8. The zero-order valence-electron chi connectivity index (χ0n) is 12.9. The minimum atomic E-state index is -0.500. The number of carbonyl (C=O) groups excluding carboxylic acids is 1. The molecule has 116 valence electrons. The van der Waals surface area contributed by atoms with E-state index < -0.39 is 5.41 Å². The highest BCUT2D eigenvalue weighted by atomic mass is 16.5. The van der Waals surface area contributed by atoms with Gasteiger partial charge in [-0.3, -0.25) is 4.79 Å². The van der Waals surface area contributed by atoms with E-state index in [9.17, 15) is 4.79 Å². The molecule has 0 aromatic heterocycles. The highest BCUT2D eigenvalue weighted by Gasteiger charge is 2.35. The third kappa shape index (κ3) is 3.83. The van der Waals surface area contributed by atoms with E-state index >= 15 is 0 Å². The smallest absolute Gasteiger partial charge is 0.232 e. The molecular formula is C17H25NO3. The lowest BCUT2D eigenvalue weighted by Crippen LogP contribution is -2.48. The zero-order chi connectivity index (χ0) is 15.3. The molecule has 2 rings (SSSR count). The van der Waals surface area contributed by atoms with Crippen LogP contribution in [0.25, 0.3) is 0 Å². The summed E-state index contributed by atoms with van der Waals surface area (Å²) < 4.78 is 5.54. The van der Waals surface area contributed by atoms with Gasteiger partial charge in [-0.1, -0.05) is 30.3 Å². The van der Waals surface area contributed by atoms with Crippen LogP contribution in [0.4, 0.5) is 0 Å². The van der Waals surface area contributed by atoms with Crippen LogP contribution in [0.15, 0.2) is 30.3 Å². The first kappa shape index (κ1) is 16.0. The monoisotopic (exact) mass is 291 g/mol. The molecule has 1 aromatic rings. The normalized spacial score (nSPS) is 17.0. The quantitative estimate of drug-likeness (QED) is 0.902. The highest BCUT2D eigenvalue weighted by Crippen LogP contribution is 2.27. The van der Waals surface area contributed by atoms with Crippen molar-refractivity contribution in [3.05, 3.63) is 35.9 Å². The molecule has 1 heterocycles. The zero-order valence-corrected chi connectivity index (χ0v) is 12.9. The molecule has 1 fully saturated rings. The summed E-state index contributed by atoms with van der Waals surface area (Å²) in [6, 6.07) is 9.93. The highest BCUT2D eigenvalue weighted by molar-refractivity contribution is 5.87. The van der Waals surface area contributed by atoms with E-state index in [1.165, 1.54) is 0 Å². The summed E-state index contributed by atoms with van der Waals surface area (Å²) >= 11 is 0. The Bertz CT molecular complexity index is 450. The average molecular weight is 291 g/mol. The van der Waals surface area contributed by atoms with Gasteiger partial charge in [0.15, 0.2) is 0 Å². The van der Waals surface area contributed by atoms with Crippen molar-refractivity contribution in [2.75, 3.05) is 26.3 Å². The Balaban J connectivity index is 1.95. The van der Waals surface area contributed by atoms with Crippen molar-refractivity contribution >= 4 is 5.91 Å². The van der Waals surface area contributed by atoms with Gasteiger partial charge in [-0.15, -0.1) is 0 Å². The van der Waals surface area contributed by atoms with Crippen LogP contribution in [-0.2, 0) is 14.9 Å². The van der Waals surface area contributed by atoms with Crippen LogP contribution in [0.5, 0.6) is 0 Å². The van der Waals surface area contributed by atoms with E-state index in [-0.39, 0.29) is 18.6 Å². The molecule has 1 N–H and O–H groups in total. The first-order valence-corrected chi connectivity index (χ1v) is 7.63. The molecule has 0 saturated carbocycles. The number of aliphatic hydroxyl groups excluding tert-OH is 1. The van der Waals surface area contributed by atoms with Crippen LogP contribution in [0.1, 0.15) is 32.3 Å². The van der Waals surface area contributed by atoms with E-state index in [0.29, 0.717) is 6.61 Å². The molecule has 1 aliphatic rings. The van der Waals surface area contributed by atoms with Gasteiger partial charge in [0.05, 0.1) is 24.7 Å². The number of benzene rings is 1. The fourth-order valence-electron chi connectivity index (χ4n) is 2.82. The van der Waals surface area contributed by atoms with Crippen LogP contribution in [0.3, 0.4) is 0 Å². The van der Waals surface area contributed by atoms with E-state index in [1.807, 2.05) is 49.1 Å². The molecule has 4 heteroatoms. The van der Waals surface area contributed by atoms with E-state index in [1.54, 1.807) is 0 Å². The van der Waals surface area contributed by atoms with E-state index in [0.717, 1.165) is 31.5 Å². The van der Waals surface area contributed by atoms with Crippen LogP contribution in [-0.4, -0.2) is 48.3 Å². The minimum Gasteiger partial charge on any atom is -0.394 e. The number of rotatable bonds is 5. The minimum absolute atomic E-state index is 0.0557. The molecule has 1 aromatic carbocycles. The standard InChI is InChI=1S/C17H25NO3/c1-17(2,14-6-4-3-5-7-14)16(20)18-10-8-15(9-11-18)21-13-12-19/h3-7,15,19H,8-13H2,1-2H3. The van der Waals surface area contributed by atoms with Gasteiger partial charge in [0.2, 0.25) is 5.91 Å². The van der Waals surface area contributed by atoms with Crippen LogP contribution < -0.4 is 0 Å². The molecule has 0 unspecified atom stereocenters. The second kappa shape index (κ2) is 7.05. The Kier molecular flexibility index (Phi) is 5.37. The predicted molar refractivity (Wildman–Crippen MR) is 82.1 cm³/mol. The number of likely N-dealkylation sites (tertiary alicyclic amines) is 1. The molecule has 0 spiro atoms. The largest absolute Gasteiger partial charge is 0.394 e. The number of hydrogen-bond acceptors (Lipinski definition) is 3. The maximum atomic E-state index is 12.8. The summed E-state index contributed by atoms with van der Waals surface area (Å²) in [5.41, 5.74) is 0.550.